The molecule has 0 spiro atoms. The van der Waals surface area contributed by atoms with E-state index in [1.165, 1.54) is 25.9 Å². The molecule has 0 amide bonds. The van der Waals surface area contributed by atoms with E-state index in [1.54, 1.807) is 0 Å². The van der Waals surface area contributed by atoms with Crippen molar-refractivity contribution in [1.82, 2.24) is 4.90 Å². The highest BCUT2D eigenvalue weighted by atomic mass is 16.1. The van der Waals surface area contributed by atoms with Crippen LogP contribution in [0.25, 0.3) is 0 Å². The van der Waals surface area contributed by atoms with Crippen molar-refractivity contribution in [3.8, 4) is 0 Å². The van der Waals surface area contributed by atoms with Crippen LogP contribution in [0.4, 0.5) is 0 Å². The molecule has 0 aromatic heterocycles. The molecule has 1 atom stereocenters. The molecule has 1 radical (unpaired) electrons. The summed E-state index contributed by atoms with van der Waals surface area (Å²) in [5.74, 6) is 0. The molecule has 0 aromatic carbocycles. The van der Waals surface area contributed by atoms with Gasteiger partial charge in [-0.1, -0.05) is 0 Å². The molecule has 10 heavy (non-hydrogen) atoms. The lowest BCUT2D eigenvalue weighted by molar-refractivity contribution is 0.263. The standard InChI is InChI=1S/C8H14NO/c1-8(4-7-10)9-5-2-3-6-9/h8H,2-6H2,1H3. The number of rotatable bonds is 3. The maximum atomic E-state index is 10.0. The van der Waals surface area contributed by atoms with Crippen LogP contribution in [0.15, 0.2) is 0 Å². The van der Waals surface area contributed by atoms with Crippen molar-refractivity contribution >= 4 is 6.29 Å². The number of likely N-dealkylation sites (tertiary alicyclic amines) is 1. The Labute approximate surface area is 62.2 Å². The first-order valence-electron chi connectivity index (χ1n) is 3.93. The summed E-state index contributed by atoms with van der Waals surface area (Å²) >= 11 is 0. The fourth-order valence-electron chi connectivity index (χ4n) is 1.43. The van der Waals surface area contributed by atoms with Gasteiger partial charge in [0, 0.05) is 12.5 Å². The summed E-state index contributed by atoms with van der Waals surface area (Å²) in [5, 5.41) is 0. The lowest BCUT2D eigenvalue weighted by Crippen LogP contribution is -2.30. The van der Waals surface area contributed by atoms with E-state index in [-0.39, 0.29) is 0 Å². The highest BCUT2D eigenvalue weighted by Gasteiger charge is 2.16. The Kier molecular flexibility index (Phi) is 2.87. The molecule has 0 N–H and O–H groups in total. The molecule has 0 saturated carbocycles. The molecule has 1 saturated heterocycles. The highest BCUT2D eigenvalue weighted by Crippen LogP contribution is 2.12. The summed E-state index contributed by atoms with van der Waals surface area (Å²) in [7, 11) is 0. The predicted octanol–water partition coefficient (Wildman–Crippen LogP) is 0.970. The van der Waals surface area contributed by atoms with Gasteiger partial charge in [-0.05, 0) is 32.9 Å². The van der Waals surface area contributed by atoms with Gasteiger partial charge in [-0.2, -0.15) is 0 Å². The average Bonchev–Trinajstić information content (AvgIpc) is 2.38. The van der Waals surface area contributed by atoms with Crippen molar-refractivity contribution < 1.29 is 4.79 Å². The van der Waals surface area contributed by atoms with Gasteiger partial charge in [0.25, 0.3) is 0 Å². The molecule has 1 aliphatic rings. The summed E-state index contributed by atoms with van der Waals surface area (Å²) in [5.41, 5.74) is 0. The molecule has 1 fully saturated rings. The largest absolute Gasteiger partial charge is 0.300 e. The van der Waals surface area contributed by atoms with Gasteiger partial charge in [0.1, 0.15) is 0 Å². The van der Waals surface area contributed by atoms with Crippen molar-refractivity contribution in [3.05, 3.63) is 0 Å². The third kappa shape index (κ3) is 1.81. The maximum Gasteiger partial charge on any atom is 0.199 e. The van der Waals surface area contributed by atoms with Crippen molar-refractivity contribution in [2.75, 3.05) is 13.1 Å². The third-order valence-electron chi connectivity index (χ3n) is 2.14. The third-order valence-corrected chi connectivity index (χ3v) is 2.14. The van der Waals surface area contributed by atoms with E-state index in [4.69, 9.17) is 0 Å². The van der Waals surface area contributed by atoms with Crippen molar-refractivity contribution in [2.24, 2.45) is 0 Å². The molecule has 2 heteroatoms. The first-order chi connectivity index (χ1) is 4.84. The molecule has 1 rings (SSSR count). The van der Waals surface area contributed by atoms with Gasteiger partial charge >= 0.3 is 0 Å². The van der Waals surface area contributed by atoms with E-state index < -0.39 is 0 Å². The second kappa shape index (κ2) is 3.71. The van der Waals surface area contributed by atoms with Gasteiger partial charge in [0.2, 0.25) is 0 Å². The summed E-state index contributed by atoms with van der Waals surface area (Å²) in [4.78, 5) is 12.4. The first kappa shape index (κ1) is 7.73. The lowest BCUT2D eigenvalue weighted by Gasteiger charge is -2.20. The van der Waals surface area contributed by atoms with Crippen LogP contribution < -0.4 is 0 Å². The molecule has 2 nitrogen and oxygen atoms in total. The van der Waals surface area contributed by atoms with Crippen LogP contribution in [-0.2, 0) is 4.79 Å². The number of carbonyl (C=O) groups excluding carboxylic acids is 1. The molecule has 57 valence electrons. The zero-order valence-electron chi connectivity index (χ0n) is 6.47. The summed E-state index contributed by atoms with van der Waals surface area (Å²) in [6.07, 6.45) is 5.11. The molecule has 1 heterocycles. The van der Waals surface area contributed by atoms with Crippen LogP contribution in [0, 0.1) is 0 Å². The van der Waals surface area contributed by atoms with Crippen LogP contribution in [0.3, 0.4) is 0 Å². The van der Waals surface area contributed by atoms with Crippen molar-refractivity contribution in [3.63, 3.8) is 0 Å². The summed E-state index contributed by atoms with van der Waals surface area (Å²) in [6, 6.07) is 0.417. The minimum atomic E-state index is 0.417. The van der Waals surface area contributed by atoms with E-state index in [0.717, 1.165) is 0 Å². The number of hydrogen-bond donors (Lipinski definition) is 0. The molecular formula is C8H14NO. The van der Waals surface area contributed by atoms with Crippen molar-refractivity contribution in [2.45, 2.75) is 32.2 Å². The fourth-order valence-corrected chi connectivity index (χ4v) is 1.43. The van der Waals surface area contributed by atoms with Gasteiger partial charge in [-0.3, -0.25) is 4.79 Å². The molecule has 1 unspecified atom stereocenters. The molecule has 0 bridgehead atoms. The lowest BCUT2D eigenvalue weighted by atomic mass is 10.2. The summed E-state index contributed by atoms with van der Waals surface area (Å²) in [6.45, 7) is 4.43. The van der Waals surface area contributed by atoms with Crippen LogP contribution in [0.1, 0.15) is 26.2 Å². The van der Waals surface area contributed by atoms with E-state index in [0.29, 0.717) is 12.5 Å². The van der Waals surface area contributed by atoms with Gasteiger partial charge in [0.05, 0.1) is 0 Å². The number of nitrogens with zero attached hydrogens (tertiary/aromatic N) is 1. The van der Waals surface area contributed by atoms with Gasteiger partial charge in [-0.15, -0.1) is 0 Å². The Bertz CT molecular complexity index is 108. The highest BCUT2D eigenvalue weighted by molar-refractivity contribution is 5.51. The smallest absolute Gasteiger partial charge is 0.199 e. The monoisotopic (exact) mass is 140 g/mol. The normalized spacial score (nSPS) is 22.9. The first-order valence-corrected chi connectivity index (χ1v) is 3.93. The Morgan fingerprint density at radius 3 is 2.60 bits per heavy atom. The average molecular weight is 140 g/mol. The van der Waals surface area contributed by atoms with E-state index in [1.807, 2.05) is 6.29 Å². The maximum absolute atomic E-state index is 10.0. The molecule has 0 aromatic rings. The predicted molar refractivity (Wildman–Crippen MR) is 40.6 cm³/mol. The van der Waals surface area contributed by atoms with Crippen LogP contribution in [0.2, 0.25) is 0 Å². The zero-order chi connectivity index (χ0) is 7.40. The van der Waals surface area contributed by atoms with Crippen molar-refractivity contribution in [1.29, 1.82) is 0 Å². The Balaban J connectivity index is 2.24. The van der Waals surface area contributed by atoms with E-state index >= 15 is 0 Å². The number of hydrogen-bond acceptors (Lipinski definition) is 2. The minimum absolute atomic E-state index is 0.417. The van der Waals surface area contributed by atoms with Crippen LogP contribution >= 0.6 is 0 Å². The van der Waals surface area contributed by atoms with Gasteiger partial charge in [-0.25, -0.2) is 0 Å². The van der Waals surface area contributed by atoms with E-state index in [2.05, 4.69) is 11.8 Å². The topological polar surface area (TPSA) is 20.3 Å². The van der Waals surface area contributed by atoms with Crippen LogP contribution in [0.5, 0.6) is 0 Å². The van der Waals surface area contributed by atoms with Gasteiger partial charge in [0.15, 0.2) is 6.29 Å². The van der Waals surface area contributed by atoms with Crippen LogP contribution in [-0.4, -0.2) is 30.3 Å². The molecular weight excluding hydrogens is 126 g/mol. The van der Waals surface area contributed by atoms with Gasteiger partial charge < -0.3 is 4.90 Å². The Morgan fingerprint density at radius 1 is 1.50 bits per heavy atom. The quantitative estimate of drug-likeness (QED) is 0.582. The Hall–Kier alpha value is -0.370. The zero-order valence-corrected chi connectivity index (χ0v) is 6.47. The Morgan fingerprint density at radius 2 is 2.10 bits per heavy atom. The van der Waals surface area contributed by atoms with E-state index in [9.17, 15) is 4.79 Å². The summed E-state index contributed by atoms with van der Waals surface area (Å²) < 4.78 is 0. The SMILES string of the molecule is CC(C[C]=O)N1CCCC1. The molecule has 1 aliphatic heterocycles. The second-order valence-corrected chi connectivity index (χ2v) is 2.94. The minimum Gasteiger partial charge on any atom is -0.300 e. The fraction of sp³-hybridized carbons (Fsp3) is 0.875. The molecule has 0 aliphatic carbocycles. The second-order valence-electron chi connectivity index (χ2n) is 2.94.